The molecule has 1 aliphatic heterocycles. The zero-order valence-corrected chi connectivity index (χ0v) is 13.7. The molecule has 1 heterocycles. The van der Waals surface area contributed by atoms with Crippen LogP contribution in [0.15, 0.2) is 0 Å². The maximum absolute atomic E-state index is 12.8. The number of nitrogens with zero attached hydrogens (tertiary/aromatic N) is 1. The fraction of sp³-hybridized carbons (Fsp3) is 0.941. The largest absolute Gasteiger partial charge is 0.323 e. The Morgan fingerprint density at radius 3 is 2.65 bits per heavy atom. The van der Waals surface area contributed by atoms with E-state index >= 15 is 0 Å². The second kappa shape index (κ2) is 6.93. The molecule has 3 heteroatoms. The number of nitrogens with one attached hydrogen (secondary N) is 1. The fourth-order valence-corrected chi connectivity index (χ4v) is 3.84. The smallest absolute Gasteiger partial charge is 0.241 e. The van der Waals surface area contributed by atoms with Crippen LogP contribution in [0.2, 0.25) is 0 Å². The predicted octanol–water partition coefficient (Wildman–Crippen LogP) is 3.54. The molecule has 1 amide bonds. The summed E-state index contributed by atoms with van der Waals surface area (Å²) in [5.41, 5.74) is 0. The van der Waals surface area contributed by atoms with Gasteiger partial charge in [-0.3, -0.25) is 10.1 Å². The maximum atomic E-state index is 12.8. The molecule has 116 valence electrons. The summed E-state index contributed by atoms with van der Waals surface area (Å²) in [6, 6.07) is 0.530. The van der Waals surface area contributed by atoms with Gasteiger partial charge in [0.2, 0.25) is 5.91 Å². The molecule has 3 nitrogen and oxygen atoms in total. The Hall–Kier alpha value is -0.570. The average Bonchev–Trinajstić information content (AvgIpc) is 2.58. The van der Waals surface area contributed by atoms with Crippen LogP contribution in [0.1, 0.15) is 72.6 Å². The number of amides is 1. The molecule has 0 aromatic rings. The normalized spacial score (nSPS) is 35.6. The number of carbonyl (C=O) groups excluding carboxylic acids is 1. The van der Waals surface area contributed by atoms with Gasteiger partial charge in [0.25, 0.3) is 0 Å². The molecular formula is C17H32N2O. The summed E-state index contributed by atoms with van der Waals surface area (Å²) in [7, 11) is 0. The lowest BCUT2D eigenvalue weighted by Crippen LogP contribution is -2.47. The van der Waals surface area contributed by atoms with Crippen molar-refractivity contribution in [1.82, 2.24) is 10.2 Å². The molecule has 0 aromatic heterocycles. The highest BCUT2D eigenvalue weighted by Crippen LogP contribution is 2.31. The lowest BCUT2D eigenvalue weighted by molar-refractivity contribution is -0.133. The van der Waals surface area contributed by atoms with Crippen molar-refractivity contribution in [3.8, 4) is 0 Å². The summed E-state index contributed by atoms with van der Waals surface area (Å²) in [5.74, 6) is 1.68. The summed E-state index contributed by atoms with van der Waals surface area (Å²) < 4.78 is 0. The van der Waals surface area contributed by atoms with Crippen molar-refractivity contribution in [3.63, 3.8) is 0 Å². The lowest BCUT2D eigenvalue weighted by Gasteiger charge is -2.34. The highest BCUT2D eigenvalue weighted by Gasteiger charge is 2.43. The first kappa shape index (κ1) is 15.8. The van der Waals surface area contributed by atoms with Crippen molar-refractivity contribution in [1.29, 1.82) is 0 Å². The SMILES string of the molecule is CCCC1NC(C(C)C)N(C2CCCC(C)CC2)C1=O. The van der Waals surface area contributed by atoms with Gasteiger partial charge < -0.3 is 4.90 Å². The molecule has 0 bridgehead atoms. The molecule has 1 saturated heterocycles. The van der Waals surface area contributed by atoms with Gasteiger partial charge in [-0.1, -0.05) is 47.0 Å². The summed E-state index contributed by atoms with van der Waals surface area (Å²) in [6.07, 6.45) is 8.56. The van der Waals surface area contributed by atoms with Gasteiger partial charge in [-0.05, 0) is 37.5 Å². The Labute approximate surface area is 124 Å². The highest BCUT2D eigenvalue weighted by atomic mass is 16.2. The van der Waals surface area contributed by atoms with E-state index in [1.165, 1.54) is 32.1 Å². The average molecular weight is 280 g/mol. The van der Waals surface area contributed by atoms with E-state index in [0.717, 1.165) is 18.8 Å². The zero-order chi connectivity index (χ0) is 14.7. The van der Waals surface area contributed by atoms with E-state index in [1.807, 2.05) is 0 Å². The topological polar surface area (TPSA) is 32.3 Å². The second-order valence-corrected chi connectivity index (χ2v) is 7.21. The first-order valence-electron chi connectivity index (χ1n) is 8.62. The fourth-order valence-electron chi connectivity index (χ4n) is 3.84. The third-order valence-electron chi connectivity index (χ3n) is 5.05. The van der Waals surface area contributed by atoms with E-state index in [2.05, 4.69) is 37.9 Å². The third kappa shape index (κ3) is 3.36. The van der Waals surface area contributed by atoms with Crippen LogP contribution < -0.4 is 5.32 Å². The molecule has 2 fully saturated rings. The molecule has 4 unspecified atom stereocenters. The summed E-state index contributed by atoms with van der Waals surface area (Å²) in [4.78, 5) is 15.0. The van der Waals surface area contributed by atoms with Crippen LogP contribution in [0.3, 0.4) is 0 Å². The van der Waals surface area contributed by atoms with E-state index < -0.39 is 0 Å². The van der Waals surface area contributed by atoms with Gasteiger partial charge in [0, 0.05) is 6.04 Å². The molecule has 4 atom stereocenters. The molecular weight excluding hydrogens is 248 g/mol. The van der Waals surface area contributed by atoms with Crippen molar-refractivity contribution in [2.75, 3.05) is 0 Å². The van der Waals surface area contributed by atoms with Gasteiger partial charge in [-0.25, -0.2) is 0 Å². The molecule has 1 N–H and O–H groups in total. The van der Waals surface area contributed by atoms with Gasteiger partial charge >= 0.3 is 0 Å². The molecule has 0 spiro atoms. The van der Waals surface area contributed by atoms with E-state index in [4.69, 9.17) is 0 Å². The molecule has 20 heavy (non-hydrogen) atoms. The zero-order valence-electron chi connectivity index (χ0n) is 13.7. The molecule has 2 rings (SSSR count). The van der Waals surface area contributed by atoms with E-state index in [1.54, 1.807) is 0 Å². The van der Waals surface area contributed by atoms with Gasteiger partial charge in [0.15, 0.2) is 0 Å². The second-order valence-electron chi connectivity index (χ2n) is 7.21. The van der Waals surface area contributed by atoms with Crippen molar-refractivity contribution in [3.05, 3.63) is 0 Å². The summed E-state index contributed by atoms with van der Waals surface area (Å²) in [6.45, 7) is 8.97. The maximum Gasteiger partial charge on any atom is 0.241 e. The van der Waals surface area contributed by atoms with Crippen LogP contribution >= 0.6 is 0 Å². The van der Waals surface area contributed by atoms with Gasteiger partial charge in [0.1, 0.15) is 0 Å². The Balaban J connectivity index is 2.11. The minimum absolute atomic E-state index is 0.0630. The Morgan fingerprint density at radius 1 is 1.25 bits per heavy atom. The van der Waals surface area contributed by atoms with E-state index in [-0.39, 0.29) is 12.2 Å². The van der Waals surface area contributed by atoms with Crippen LogP contribution in [0, 0.1) is 11.8 Å². The van der Waals surface area contributed by atoms with Crippen molar-refractivity contribution in [2.24, 2.45) is 11.8 Å². The van der Waals surface area contributed by atoms with Crippen molar-refractivity contribution >= 4 is 5.91 Å². The number of hydrogen-bond donors (Lipinski definition) is 1. The van der Waals surface area contributed by atoms with Gasteiger partial charge in [-0.2, -0.15) is 0 Å². The van der Waals surface area contributed by atoms with Crippen molar-refractivity contribution < 1.29 is 4.79 Å². The molecule has 1 aliphatic carbocycles. The number of rotatable bonds is 4. The Kier molecular flexibility index (Phi) is 5.48. The molecule has 1 saturated carbocycles. The highest BCUT2D eigenvalue weighted by molar-refractivity contribution is 5.84. The summed E-state index contributed by atoms with van der Waals surface area (Å²) >= 11 is 0. The monoisotopic (exact) mass is 280 g/mol. The Bertz CT molecular complexity index is 329. The van der Waals surface area contributed by atoms with E-state index in [9.17, 15) is 4.79 Å². The number of hydrogen-bond acceptors (Lipinski definition) is 2. The quantitative estimate of drug-likeness (QED) is 0.799. The van der Waals surface area contributed by atoms with E-state index in [0.29, 0.717) is 17.9 Å². The lowest BCUT2D eigenvalue weighted by atomic mass is 10.0. The molecule has 0 radical (unpaired) electrons. The van der Waals surface area contributed by atoms with Crippen molar-refractivity contribution in [2.45, 2.75) is 90.9 Å². The standard InChI is InChI=1S/C17H32N2O/c1-5-7-15-17(20)19(16(18-15)12(2)3)14-9-6-8-13(4)10-11-14/h12-16,18H,5-11H2,1-4H3. The van der Waals surface area contributed by atoms with Crippen LogP contribution in [-0.4, -0.2) is 29.1 Å². The number of carbonyl (C=O) groups is 1. The Morgan fingerprint density at radius 2 is 2.00 bits per heavy atom. The summed E-state index contributed by atoms with van der Waals surface area (Å²) in [5, 5.41) is 3.60. The first-order chi connectivity index (χ1) is 9.54. The third-order valence-corrected chi connectivity index (χ3v) is 5.05. The molecule has 0 aromatic carbocycles. The molecule has 2 aliphatic rings. The predicted molar refractivity (Wildman–Crippen MR) is 83.3 cm³/mol. The first-order valence-corrected chi connectivity index (χ1v) is 8.62. The van der Waals surface area contributed by atoms with Crippen LogP contribution in [0.4, 0.5) is 0 Å². The van der Waals surface area contributed by atoms with Gasteiger partial charge in [0.05, 0.1) is 12.2 Å². The minimum atomic E-state index is 0.0630. The van der Waals surface area contributed by atoms with Gasteiger partial charge in [-0.15, -0.1) is 0 Å². The minimum Gasteiger partial charge on any atom is -0.323 e. The van der Waals surface area contributed by atoms with Crippen LogP contribution in [-0.2, 0) is 4.79 Å². The van der Waals surface area contributed by atoms with Crippen LogP contribution in [0.5, 0.6) is 0 Å². The van der Waals surface area contributed by atoms with Crippen LogP contribution in [0.25, 0.3) is 0 Å².